The van der Waals surface area contributed by atoms with Gasteiger partial charge in [-0.2, -0.15) is 8.42 Å². The van der Waals surface area contributed by atoms with Crippen LogP contribution in [-0.2, 0) is 19.0 Å². The summed E-state index contributed by atoms with van der Waals surface area (Å²) in [5, 5.41) is 0. The van der Waals surface area contributed by atoms with Crippen molar-refractivity contribution in [1.29, 1.82) is 0 Å². The monoisotopic (exact) mass is 639 g/mol. The predicted molar refractivity (Wildman–Crippen MR) is 162 cm³/mol. The molecule has 0 N–H and O–H groups in total. The molecule has 5 rings (SSSR count). The summed E-state index contributed by atoms with van der Waals surface area (Å²) in [6.45, 7) is 9.68. The lowest BCUT2D eigenvalue weighted by Crippen LogP contribution is -2.51. The lowest BCUT2D eigenvalue weighted by Gasteiger charge is -2.40. The highest BCUT2D eigenvalue weighted by atomic mass is 79.9. The van der Waals surface area contributed by atoms with Gasteiger partial charge in [-0.05, 0) is 90.2 Å². The van der Waals surface area contributed by atoms with Gasteiger partial charge in [-0.25, -0.2) is 4.79 Å². The number of nitrogens with zero attached hydrogens (tertiary/aromatic N) is 3. The number of ether oxygens (including phenoxy) is 1. The van der Waals surface area contributed by atoms with Crippen LogP contribution in [0.2, 0.25) is 0 Å². The quantitative estimate of drug-likeness (QED) is 0.314. The number of hydrogen-bond donors (Lipinski definition) is 0. The van der Waals surface area contributed by atoms with Crippen molar-refractivity contribution in [2.24, 2.45) is 0 Å². The van der Waals surface area contributed by atoms with Crippen molar-refractivity contribution >= 4 is 43.8 Å². The smallest absolute Gasteiger partial charge is 0.410 e. The Morgan fingerprint density at radius 2 is 1.73 bits per heavy atom. The molecule has 0 saturated carbocycles. The van der Waals surface area contributed by atoms with Gasteiger partial charge in [0.15, 0.2) is 0 Å². The largest absolute Gasteiger partial charge is 0.444 e. The maximum atomic E-state index is 13.0. The second-order valence-corrected chi connectivity index (χ2v) is 13.9. The van der Waals surface area contributed by atoms with Gasteiger partial charge in [0.05, 0.1) is 23.2 Å². The summed E-state index contributed by atoms with van der Waals surface area (Å²) in [6, 6.07) is 16.4. The number of halogens is 1. The maximum absolute atomic E-state index is 13.0. The Morgan fingerprint density at radius 3 is 2.41 bits per heavy atom. The fourth-order valence-corrected chi connectivity index (χ4v) is 6.38. The van der Waals surface area contributed by atoms with Gasteiger partial charge in [0.1, 0.15) is 5.60 Å². The maximum Gasteiger partial charge on any atom is 0.410 e. The van der Waals surface area contributed by atoms with Crippen LogP contribution in [0.5, 0.6) is 0 Å². The van der Waals surface area contributed by atoms with Crippen molar-refractivity contribution in [3.63, 3.8) is 0 Å². The van der Waals surface area contributed by atoms with Crippen LogP contribution in [0.25, 0.3) is 11.6 Å². The van der Waals surface area contributed by atoms with Crippen LogP contribution in [0.3, 0.4) is 0 Å². The molecule has 216 valence electrons. The third-order valence-corrected chi connectivity index (χ3v) is 8.83. The number of fused-ring (bicyclic) bond motifs is 2. The molecule has 1 atom stereocenters. The Labute approximate surface area is 250 Å². The van der Waals surface area contributed by atoms with Gasteiger partial charge in [-0.15, -0.1) is 0 Å². The van der Waals surface area contributed by atoms with Crippen molar-refractivity contribution in [2.45, 2.75) is 44.2 Å². The molecular weight excluding hydrogens is 606 g/mol. The number of amides is 1. The van der Waals surface area contributed by atoms with Gasteiger partial charge < -0.3 is 9.64 Å². The number of carbonyl (C=O) groups is 1. The number of hydrogen-bond acceptors (Lipinski definition) is 7. The fraction of sp³-hybridized carbons (Fsp3) is 0.355. The zero-order chi connectivity index (χ0) is 29.4. The molecule has 2 heterocycles. The SMILES string of the molecule is Cc1ccc(S(=O)(=O)OCC2=Cc3cc(Br)cnc3C(N3CCN(C(=O)OC(C)(C)C)CC3)c3ccccc32)cc1. The number of carbonyl (C=O) groups excluding carboxylic acids is 1. The molecule has 2 aliphatic rings. The third-order valence-electron chi connectivity index (χ3n) is 7.12. The highest BCUT2D eigenvalue weighted by molar-refractivity contribution is 9.10. The van der Waals surface area contributed by atoms with Crippen molar-refractivity contribution in [1.82, 2.24) is 14.8 Å². The van der Waals surface area contributed by atoms with Crippen LogP contribution in [0, 0.1) is 6.92 Å². The lowest BCUT2D eigenvalue weighted by atomic mass is 9.94. The highest BCUT2D eigenvalue weighted by Gasteiger charge is 2.34. The Bertz CT molecular complexity index is 1570. The van der Waals surface area contributed by atoms with E-state index < -0.39 is 15.7 Å². The number of pyridine rings is 1. The number of piperazine rings is 1. The molecule has 1 aliphatic heterocycles. The van der Waals surface area contributed by atoms with Gasteiger partial charge in [-0.3, -0.25) is 14.1 Å². The molecule has 1 aliphatic carbocycles. The minimum Gasteiger partial charge on any atom is -0.444 e. The third kappa shape index (κ3) is 6.72. The zero-order valence-corrected chi connectivity index (χ0v) is 26.0. The van der Waals surface area contributed by atoms with E-state index in [1.54, 1.807) is 35.4 Å². The zero-order valence-electron chi connectivity index (χ0n) is 23.6. The first-order valence-corrected chi connectivity index (χ1v) is 15.7. The van der Waals surface area contributed by atoms with Gasteiger partial charge >= 0.3 is 6.09 Å². The average molecular weight is 641 g/mol. The summed E-state index contributed by atoms with van der Waals surface area (Å²) in [5.41, 5.74) is 4.81. The van der Waals surface area contributed by atoms with Crippen LogP contribution in [0.1, 0.15) is 54.8 Å². The number of aromatic nitrogens is 1. The Hall–Kier alpha value is -3.05. The van der Waals surface area contributed by atoms with E-state index in [1.807, 2.05) is 58.0 Å². The van der Waals surface area contributed by atoms with Crippen molar-refractivity contribution in [3.8, 4) is 0 Å². The van der Waals surface area contributed by atoms with Crippen molar-refractivity contribution < 1.29 is 22.1 Å². The number of aryl methyl sites for hydroxylation is 1. The Morgan fingerprint density at radius 1 is 1.05 bits per heavy atom. The van der Waals surface area contributed by atoms with Gasteiger partial charge in [0.25, 0.3) is 10.1 Å². The molecular formula is C31H34BrN3O5S. The molecule has 8 nitrogen and oxygen atoms in total. The van der Waals surface area contributed by atoms with Gasteiger partial charge in [-0.1, -0.05) is 42.0 Å². The van der Waals surface area contributed by atoms with Crippen molar-refractivity contribution in [3.05, 3.63) is 93.2 Å². The summed E-state index contributed by atoms with van der Waals surface area (Å²) >= 11 is 3.55. The van der Waals surface area contributed by atoms with Crippen molar-refractivity contribution in [2.75, 3.05) is 32.8 Å². The standard InChI is InChI=1S/C31H34BrN3O5S/c1-21-9-11-25(12-10-21)41(37,38)39-20-23-17-22-18-24(32)19-33-28(22)29(27-8-6-5-7-26(23)27)34-13-15-35(16-14-34)30(36)40-31(2,3)4/h5-12,17-19,29H,13-16,20H2,1-4H3. The van der Waals surface area contributed by atoms with Crippen LogP contribution < -0.4 is 0 Å². The first kappa shape index (κ1) is 29.4. The molecule has 2 aromatic carbocycles. The first-order valence-electron chi connectivity index (χ1n) is 13.5. The minimum absolute atomic E-state index is 0.121. The first-order chi connectivity index (χ1) is 19.4. The predicted octanol–water partition coefficient (Wildman–Crippen LogP) is 6.05. The second-order valence-electron chi connectivity index (χ2n) is 11.3. The Balaban J connectivity index is 1.46. The van der Waals surface area contributed by atoms with E-state index in [4.69, 9.17) is 13.9 Å². The topological polar surface area (TPSA) is 89.0 Å². The van der Waals surface area contributed by atoms with Crippen LogP contribution >= 0.6 is 15.9 Å². The van der Waals surface area contributed by atoms with Crippen LogP contribution in [-0.4, -0.2) is 67.7 Å². The van der Waals surface area contributed by atoms with E-state index in [0.29, 0.717) is 26.2 Å². The molecule has 3 aromatic rings. The normalized spacial score (nSPS) is 17.7. The van der Waals surface area contributed by atoms with E-state index in [1.165, 1.54) is 0 Å². The molecule has 1 unspecified atom stereocenters. The molecule has 1 fully saturated rings. The van der Waals surface area contributed by atoms with Crippen LogP contribution in [0.4, 0.5) is 4.79 Å². The summed E-state index contributed by atoms with van der Waals surface area (Å²) in [5.74, 6) is 0. The molecule has 0 radical (unpaired) electrons. The average Bonchev–Trinajstić information content (AvgIpc) is 3.05. The summed E-state index contributed by atoms with van der Waals surface area (Å²) in [4.78, 5) is 21.7. The number of rotatable bonds is 5. The minimum atomic E-state index is -3.96. The summed E-state index contributed by atoms with van der Waals surface area (Å²) in [6.07, 6.45) is 3.44. The van der Waals surface area contributed by atoms with E-state index in [0.717, 1.165) is 38.0 Å². The Kier molecular flexibility index (Phi) is 8.39. The van der Waals surface area contributed by atoms with E-state index in [9.17, 15) is 13.2 Å². The second kappa shape index (κ2) is 11.7. The summed E-state index contributed by atoms with van der Waals surface area (Å²) < 4.78 is 38.1. The highest BCUT2D eigenvalue weighted by Crippen LogP contribution is 2.40. The molecule has 10 heteroatoms. The number of benzene rings is 2. The molecule has 1 saturated heterocycles. The van der Waals surface area contributed by atoms with E-state index >= 15 is 0 Å². The van der Waals surface area contributed by atoms with Gasteiger partial charge in [0, 0.05) is 36.8 Å². The molecule has 1 aromatic heterocycles. The van der Waals surface area contributed by atoms with Crippen LogP contribution in [0.15, 0.2) is 70.2 Å². The fourth-order valence-electron chi connectivity index (χ4n) is 5.14. The molecule has 41 heavy (non-hydrogen) atoms. The van der Waals surface area contributed by atoms with E-state index in [2.05, 4.69) is 26.9 Å². The molecule has 0 bridgehead atoms. The molecule has 0 spiro atoms. The molecule has 1 amide bonds. The lowest BCUT2D eigenvalue weighted by molar-refractivity contribution is 0.0118. The van der Waals surface area contributed by atoms with E-state index in [-0.39, 0.29) is 23.6 Å². The van der Waals surface area contributed by atoms with Gasteiger partial charge in [0.2, 0.25) is 0 Å². The summed E-state index contributed by atoms with van der Waals surface area (Å²) in [7, 11) is -3.96.